The van der Waals surface area contributed by atoms with Gasteiger partial charge in [-0.25, -0.2) is 4.98 Å². The molecule has 0 aliphatic carbocycles. The van der Waals surface area contributed by atoms with E-state index < -0.39 is 18.6 Å². The van der Waals surface area contributed by atoms with E-state index in [1.807, 2.05) is 28.0 Å². The number of benzene rings is 1. The third-order valence-electron chi connectivity index (χ3n) is 5.39. The maximum Gasteiger partial charge on any atom is 0.405 e. The zero-order valence-electron chi connectivity index (χ0n) is 20.0. The number of nitrogens with one attached hydrogen (secondary N) is 1. The van der Waals surface area contributed by atoms with Gasteiger partial charge in [-0.2, -0.15) is 18.4 Å². The number of aryl methyl sites for hydroxylation is 1. The lowest BCUT2D eigenvalue weighted by Gasteiger charge is -2.16. The molecule has 0 aliphatic heterocycles. The number of hydrogen-bond donors (Lipinski definition) is 1. The summed E-state index contributed by atoms with van der Waals surface area (Å²) in [5, 5.41) is 10.4. The van der Waals surface area contributed by atoms with Gasteiger partial charge in [-0.3, -0.25) is 9.20 Å². The first-order valence-corrected chi connectivity index (χ1v) is 11.3. The van der Waals surface area contributed by atoms with E-state index in [4.69, 9.17) is 19.5 Å². The van der Waals surface area contributed by atoms with Crippen LogP contribution in [0.15, 0.2) is 36.7 Å². The van der Waals surface area contributed by atoms with Gasteiger partial charge in [-0.05, 0) is 49.1 Å². The minimum Gasteiger partial charge on any atom is -0.496 e. The lowest BCUT2D eigenvalue weighted by atomic mass is 10.1. The highest BCUT2D eigenvalue weighted by Crippen LogP contribution is 2.35. The molecule has 0 radical (unpaired) electrons. The maximum atomic E-state index is 12.6. The summed E-state index contributed by atoms with van der Waals surface area (Å²) in [6.45, 7) is -0.284. The Bertz CT molecular complexity index is 1210. The minimum atomic E-state index is -4.55. The normalized spacial score (nSPS) is 11.3. The first-order valence-electron chi connectivity index (χ1n) is 11.3. The molecule has 0 aliphatic rings. The number of alkyl halides is 3. The Morgan fingerprint density at radius 1 is 1.14 bits per heavy atom. The molecule has 3 aromatic rings. The smallest absolute Gasteiger partial charge is 0.405 e. The average Bonchev–Trinajstić information content (AvgIpc) is 3.28. The number of amides is 1. The second-order valence-electron chi connectivity index (χ2n) is 7.94. The van der Waals surface area contributed by atoms with E-state index in [2.05, 4.69) is 11.1 Å². The summed E-state index contributed by atoms with van der Waals surface area (Å²) in [7, 11) is 2.65. The second kappa shape index (κ2) is 12.3. The number of pyridine rings is 1. The van der Waals surface area contributed by atoms with Gasteiger partial charge in [0.25, 0.3) is 5.91 Å². The quantitative estimate of drug-likeness (QED) is 0.363. The van der Waals surface area contributed by atoms with Gasteiger partial charge in [-0.1, -0.05) is 0 Å². The number of nitrogens with zero attached hydrogens (tertiary/aromatic N) is 3. The molecule has 0 saturated heterocycles. The maximum absolute atomic E-state index is 12.6. The van der Waals surface area contributed by atoms with Crippen LogP contribution in [-0.4, -0.2) is 55.4 Å². The summed E-state index contributed by atoms with van der Waals surface area (Å²) in [6.07, 6.45) is 1.86. The van der Waals surface area contributed by atoms with Crippen LogP contribution in [0.4, 0.5) is 13.2 Å². The Morgan fingerprint density at radius 2 is 1.83 bits per heavy atom. The molecule has 36 heavy (non-hydrogen) atoms. The number of ether oxygens (including phenoxy) is 3. The summed E-state index contributed by atoms with van der Waals surface area (Å²) < 4.78 is 55.7. The highest BCUT2D eigenvalue weighted by Gasteiger charge is 2.30. The summed E-state index contributed by atoms with van der Waals surface area (Å²) in [4.78, 5) is 16.9. The lowest BCUT2D eigenvalue weighted by Crippen LogP contribution is -2.34. The molecule has 0 unspecified atom stereocenters. The van der Waals surface area contributed by atoms with Crippen molar-refractivity contribution >= 4 is 11.6 Å². The summed E-state index contributed by atoms with van der Waals surface area (Å²) in [5.41, 5.74) is 2.98. The number of carbonyl (C=O) groups excluding carboxylic acids is 1. The fraction of sp³-hybridized carbons (Fsp3) is 0.400. The van der Waals surface area contributed by atoms with E-state index in [0.717, 1.165) is 24.8 Å². The monoisotopic (exact) mass is 504 g/mol. The van der Waals surface area contributed by atoms with Crippen molar-refractivity contribution in [2.45, 2.75) is 31.9 Å². The van der Waals surface area contributed by atoms with E-state index in [-0.39, 0.29) is 17.1 Å². The van der Waals surface area contributed by atoms with Gasteiger partial charge in [0.2, 0.25) is 0 Å². The van der Waals surface area contributed by atoms with Crippen LogP contribution >= 0.6 is 0 Å². The molecule has 2 aromatic heterocycles. The highest BCUT2D eigenvalue weighted by molar-refractivity contribution is 6.00. The van der Waals surface area contributed by atoms with Crippen LogP contribution in [-0.2, 0) is 11.2 Å². The molecule has 3 rings (SSSR count). The Labute approximate surface area is 206 Å². The number of unbranched alkanes of at least 4 members (excludes halogenated alkanes) is 1. The predicted molar refractivity (Wildman–Crippen MR) is 126 cm³/mol. The van der Waals surface area contributed by atoms with Crippen molar-refractivity contribution in [3.63, 3.8) is 0 Å². The molecule has 0 bridgehead atoms. The molecule has 0 saturated carbocycles. The van der Waals surface area contributed by atoms with Crippen LogP contribution < -0.4 is 14.8 Å². The second-order valence-corrected chi connectivity index (χ2v) is 7.94. The molecule has 8 nitrogen and oxygen atoms in total. The molecule has 1 aromatic carbocycles. The van der Waals surface area contributed by atoms with E-state index in [0.29, 0.717) is 36.5 Å². The molecule has 1 N–H and O–H groups in total. The number of carbonyl (C=O) groups is 1. The Balaban J connectivity index is 1.79. The van der Waals surface area contributed by atoms with Crippen LogP contribution in [0.3, 0.4) is 0 Å². The molecular weight excluding hydrogens is 477 g/mol. The van der Waals surface area contributed by atoms with E-state index in [1.165, 1.54) is 14.2 Å². The topological polar surface area (TPSA) is 97.9 Å². The fourth-order valence-corrected chi connectivity index (χ4v) is 3.68. The van der Waals surface area contributed by atoms with Crippen molar-refractivity contribution in [2.75, 3.05) is 34.0 Å². The lowest BCUT2D eigenvalue weighted by molar-refractivity contribution is -0.123. The van der Waals surface area contributed by atoms with Gasteiger partial charge in [0, 0.05) is 31.4 Å². The van der Waals surface area contributed by atoms with Crippen LogP contribution in [0.1, 0.15) is 35.2 Å². The van der Waals surface area contributed by atoms with Crippen LogP contribution in [0.5, 0.6) is 11.5 Å². The first-order chi connectivity index (χ1) is 17.3. The third-order valence-corrected chi connectivity index (χ3v) is 5.39. The van der Waals surface area contributed by atoms with Crippen LogP contribution in [0.2, 0.25) is 0 Å². The molecule has 192 valence electrons. The van der Waals surface area contributed by atoms with E-state index in [1.54, 1.807) is 18.3 Å². The number of aromatic nitrogens is 2. The number of imidazole rings is 1. The van der Waals surface area contributed by atoms with Crippen LogP contribution in [0.25, 0.3) is 16.9 Å². The van der Waals surface area contributed by atoms with Crippen molar-refractivity contribution in [3.8, 4) is 28.8 Å². The van der Waals surface area contributed by atoms with Gasteiger partial charge in [-0.15, -0.1) is 0 Å². The molecule has 2 heterocycles. The Morgan fingerprint density at radius 3 is 2.47 bits per heavy atom. The van der Waals surface area contributed by atoms with Gasteiger partial charge in [0.1, 0.15) is 29.3 Å². The van der Waals surface area contributed by atoms with E-state index >= 15 is 0 Å². The SMILES string of the molecule is COc1cc(-c2cnc3cc(CCCOCCCC#N)ccn23)cc(OC)c1C(=O)NCC(F)(F)F. The van der Waals surface area contributed by atoms with Gasteiger partial charge in [0.15, 0.2) is 0 Å². The highest BCUT2D eigenvalue weighted by atomic mass is 19.4. The Hall–Kier alpha value is -3.78. The predicted octanol–water partition coefficient (Wildman–Crippen LogP) is 4.56. The molecular formula is C25H27F3N4O4. The fourth-order valence-electron chi connectivity index (χ4n) is 3.68. The van der Waals surface area contributed by atoms with Crippen LogP contribution in [0, 0.1) is 11.3 Å². The van der Waals surface area contributed by atoms with Gasteiger partial charge >= 0.3 is 6.18 Å². The van der Waals surface area contributed by atoms with E-state index in [9.17, 15) is 18.0 Å². The van der Waals surface area contributed by atoms with Crippen molar-refractivity contribution in [3.05, 3.63) is 47.8 Å². The Kier molecular flexibility index (Phi) is 9.13. The first kappa shape index (κ1) is 26.8. The minimum absolute atomic E-state index is 0.0744. The van der Waals surface area contributed by atoms with Gasteiger partial charge < -0.3 is 19.5 Å². The molecule has 0 fully saturated rings. The van der Waals surface area contributed by atoms with Crippen molar-refractivity contribution in [1.82, 2.24) is 14.7 Å². The zero-order chi connectivity index (χ0) is 26.1. The summed E-state index contributed by atoms with van der Waals surface area (Å²) in [5.74, 6) is -0.805. The van der Waals surface area contributed by atoms with Crippen molar-refractivity contribution in [2.24, 2.45) is 0 Å². The van der Waals surface area contributed by atoms with Crippen molar-refractivity contribution in [1.29, 1.82) is 5.26 Å². The standard InChI is InChI=1S/C25H27F3N4O4/c1-34-20-13-18(14-21(35-2)23(20)24(33)31-16-25(26,27)28)19-15-30-22-12-17(7-9-32(19)22)6-5-11-36-10-4-3-8-29/h7,9,12-15H,3-6,10-11,16H2,1-2H3,(H,31,33). The number of hydrogen-bond acceptors (Lipinski definition) is 6. The third kappa shape index (κ3) is 6.88. The molecule has 11 heteroatoms. The molecule has 1 amide bonds. The number of methoxy groups -OCH3 is 2. The van der Waals surface area contributed by atoms with Gasteiger partial charge in [0.05, 0.1) is 32.2 Å². The average molecular weight is 505 g/mol. The van der Waals surface area contributed by atoms with Crippen molar-refractivity contribution < 1.29 is 32.2 Å². The largest absolute Gasteiger partial charge is 0.496 e. The summed E-state index contributed by atoms with van der Waals surface area (Å²) in [6, 6.07) is 9.15. The summed E-state index contributed by atoms with van der Waals surface area (Å²) >= 11 is 0. The molecule has 0 atom stereocenters. The molecule has 0 spiro atoms. The number of halogens is 3. The zero-order valence-corrected chi connectivity index (χ0v) is 20.0. The number of fused-ring (bicyclic) bond motifs is 1. The number of rotatable bonds is 12. The number of nitriles is 1.